The predicted octanol–water partition coefficient (Wildman–Crippen LogP) is 1.76. The normalized spacial score (nSPS) is 22.5. The van der Waals surface area contributed by atoms with Gasteiger partial charge in [0, 0.05) is 30.8 Å². The minimum Gasteiger partial charge on any atom is -0.486 e. The van der Waals surface area contributed by atoms with Gasteiger partial charge < -0.3 is 25.0 Å². The lowest BCUT2D eigenvalue weighted by Crippen LogP contribution is -2.50. The molecule has 1 aliphatic carbocycles. The van der Waals surface area contributed by atoms with E-state index < -0.39 is 12.0 Å². The van der Waals surface area contributed by atoms with Crippen molar-refractivity contribution in [2.45, 2.75) is 57.5 Å². The maximum absolute atomic E-state index is 12.7. The van der Waals surface area contributed by atoms with Gasteiger partial charge in [0.05, 0.1) is 5.92 Å². The van der Waals surface area contributed by atoms with Crippen molar-refractivity contribution in [3.05, 3.63) is 18.2 Å². The summed E-state index contributed by atoms with van der Waals surface area (Å²) in [5.74, 6) is 0.218. The summed E-state index contributed by atoms with van der Waals surface area (Å²) in [5.41, 5.74) is 0.683. The number of amides is 3. The van der Waals surface area contributed by atoms with E-state index in [1.165, 1.54) is 6.42 Å². The lowest BCUT2D eigenvalue weighted by atomic mass is 9.95. The maximum atomic E-state index is 12.7. The molecule has 1 saturated heterocycles. The minimum atomic E-state index is -0.627. The summed E-state index contributed by atoms with van der Waals surface area (Å²) in [6.07, 6.45) is 5.59. The Bertz CT molecular complexity index is 821. The number of rotatable bonds is 5. The standard InChI is InChI=1S/C22H29N3O5/c1-14(21(27)24-16-5-3-2-4-6-16)23-22(28)15-11-20(26)25(13-15)17-7-8-18-19(12-17)30-10-9-29-18/h7-8,12,14-16H,2-6,9-11,13H2,1H3,(H,23,28)(H,24,27)/t14-,15?/m1/s1. The fourth-order valence-electron chi connectivity index (χ4n) is 4.30. The van der Waals surface area contributed by atoms with Crippen LogP contribution in [0, 0.1) is 5.92 Å². The molecule has 2 aliphatic heterocycles. The monoisotopic (exact) mass is 415 g/mol. The fraction of sp³-hybridized carbons (Fsp3) is 0.591. The Kier molecular flexibility index (Phi) is 6.11. The summed E-state index contributed by atoms with van der Waals surface area (Å²) in [4.78, 5) is 39.2. The second kappa shape index (κ2) is 8.93. The molecule has 4 rings (SSSR count). The zero-order chi connectivity index (χ0) is 21.1. The summed E-state index contributed by atoms with van der Waals surface area (Å²) < 4.78 is 11.1. The molecule has 1 unspecified atom stereocenters. The van der Waals surface area contributed by atoms with Gasteiger partial charge in [-0.3, -0.25) is 14.4 Å². The Hall–Kier alpha value is -2.77. The van der Waals surface area contributed by atoms with Crippen LogP contribution in [0.25, 0.3) is 0 Å². The fourth-order valence-corrected chi connectivity index (χ4v) is 4.30. The molecular weight excluding hydrogens is 386 g/mol. The third-order valence-electron chi connectivity index (χ3n) is 6.04. The molecule has 2 N–H and O–H groups in total. The van der Waals surface area contributed by atoms with E-state index in [-0.39, 0.29) is 36.7 Å². The smallest absolute Gasteiger partial charge is 0.242 e. The lowest BCUT2D eigenvalue weighted by Gasteiger charge is -2.25. The van der Waals surface area contributed by atoms with Crippen LogP contribution < -0.4 is 25.0 Å². The van der Waals surface area contributed by atoms with Crippen molar-refractivity contribution < 1.29 is 23.9 Å². The number of carbonyl (C=O) groups excluding carboxylic acids is 3. The van der Waals surface area contributed by atoms with E-state index in [1.807, 2.05) is 0 Å². The molecule has 0 radical (unpaired) electrons. The zero-order valence-corrected chi connectivity index (χ0v) is 17.3. The van der Waals surface area contributed by atoms with Gasteiger partial charge in [0.2, 0.25) is 17.7 Å². The van der Waals surface area contributed by atoms with E-state index in [1.54, 1.807) is 30.0 Å². The van der Waals surface area contributed by atoms with Crippen LogP contribution in [0.5, 0.6) is 11.5 Å². The highest BCUT2D eigenvalue weighted by molar-refractivity contribution is 6.01. The molecule has 2 atom stereocenters. The average Bonchev–Trinajstić information content (AvgIpc) is 3.16. The van der Waals surface area contributed by atoms with Crippen LogP contribution in [0.3, 0.4) is 0 Å². The summed E-state index contributed by atoms with van der Waals surface area (Å²) in [6.45, 7) is 2.94. The largest absolute Gasteiger partial charge is 0.486 e. The van der Waals surface area contributed by atoms with Crippen molar-refractivity contribution in [3.8, 4) is 11.5 Å². The van der Waals surface area contributed by atoms with Crippen molar-refractivity contribution in [1.29, 1.82) is 0 Å². The predicted molar refractivity (Wildman–Crippen MR) is 111 cm³/mol. The number of hydrogen-bond donors (Lipinski definition) is 2. The first kappa shape index (κ1) is 20.5. The molecule has 8 heteroatoms. The average molecular weight is 415 g/mol. The van der Waals surface area contributed by atoms with Crippen LogP contribution in [-0.4, -0.2) is 49.6 Å². The van der Waals surface area contributed by atoms with Gasteiger partial charge in [-0.1, -0.05) is 19.3 Å². The van der Waals surface area contributed by atoms with Crippen LogP contribution in [0.1, 0.15) is 45.4 Å². The Labute approximate surface area is 176 Å². The highest BCUT2D eigenvalue weighted by Gasteiger charge is 2.36. The Balaban J connectivity index is 1.33. The molecule has 0 aromatic heterocycles. The molecule has 1 aromatic rings. The molecule has 30 heavy (non-hydrogen) atoms. The van der Waals surface area contributed by atoms with Crippen LogP contribution in [0.2, 0.25) is 0 Å². The second-order valence-electron chi connectivity index (χ2n) is 8.31. The number of nitrogens with zero attached hydrogens (tertiary/aromatic N) is 1. The van der Waals surface area contributed by atoms with E-state index >= 15 is 0 Å². The van der Waals surface area contributed by atoms with Crippen LogP contribution in [0.4, 0.5) is 5.69 Å². The highest BCUT2D eigenvalue weighted by atomic mass is 16.6. The number of fused-ring (bicyclic) bond motifs is 1. The van der Waals surface area contributed by atoms with Crippen LogP contribution >= 0.6 is 0 Å². The molecule has 0 bridgehead atoms. The van der Waals surface area contributed by atoms with Crippen molar-refractivity contribution in [2.75, 3.05) is 24.7 Å². The number of nitrogens with one attached hydrogen (secondary N) is 2. The van der Waals surface area contributed by atoms with Crippen molar-refractivity contribution in [2.24, 2.45) is 5.92 Å². The number of benzene rings is 1. The third-order valence-corrected chi connectivity index (χ3v) is 6.04. The van der Waals surface area contributed by atoms with Crippen molar-refractivity contribution in [1.82, 2.24) is 10.6 Å². The molecule has 162 valence electrons. The van der Waals surface area contributed by atoms with Gasteiger partial charge in [-0.25, -0.2) is 0 Å². The summed E-state index contributed by atoms with van der Waals surface area (Å²) in [7, 11) is 0. The van der Waals surface area contributed by atoms with E-state index in [0.717, 1.165) is 25.7 Å². The van der Waals surface area contributed by atoms with Crippen molar-refractivity contribution >= 4 is 23.4 Å². The molecule has 2 fully saturated rings. The Morgan fingerprint density at radius 3 is 2.60 bits per heavy atom. The van der Waals surface area contributed by atoms with Gasteiger partial charge in [0.15, 0.2) is 11.5 Å². The summed E-state index contributed by atoms with van der Waals surface area (Å²) >= 11 is 0. The first-order valence-electron chi connectivity index (χ1n) is 10.8. The highest BCUT2D eigenvalue weighted by Crippen LogP contribution is 2.36. The van der Waals surface area contributed by atoms with Crippen LogP contribution in [-0.2, 0) is 14.4 Å². The van der Waals surface area contributed by atoms with Gasteiger partial charge in [0.1, 0.15) is 19.3 Å². The third kappa shape index (κ3) is 4.52. The van der Waals surface area contributed by atoms with E-state index in [4.69, 9.17) is 9.47 Å². The zero-order valence-electron chi connectivity index (χ0n) is 17.3. The molecule has 0 spiro atoms. The van der Waals surface area contributed by atoms with E-state index in [2.05, 4.69) is 10.6 Å². The number of ether oxygens (including phenoxy) is 2. The number of anilines is 1. The maximum Gasteiger partial charge on any atom is 0.242 e. The first-order chi connectivity index (χ1) is 14.5. The van der Waals surface area contributed by atoms with Gasteiger partial charge in [-0.05, 0) is 31.9 Å². The molecule has 1 saturated carbocycles. The molecule has 8 nitrogen and oxygen atoms in total. The van der Waals surface area contributed by atoms with Gasteiger partial charge >= 0.3 is 0 Å². The quantitative estimate of drug-likeness (QED) is 0.764. The van der Waals surface area contributed by atoms with E-state index in [9.17, 15) is 14.4 Å². The Morgan fingerprint density at radius 1 is 1.10 bits per heavy atom. The molecule has 1 aromatic carbocycles. The number of carbonyl (C=O) groups is 3. The Morgan fingerprint density at radius 2 is 1.83 bits per heavy atom. The second-order valence-corrected chi connectivity index (χ2v) is 8.31. The molecule has 2 heterocycles. The summed E-state index contributed by atoms with van der Waals surface area (Å²) in [5, 5.41) is 5.81. The van der Waals surface area contributed by atoms with Gasteiger partial charge in [-0.2, -0.15) is 0 Å². The molecular formula is C22H29N3O5. The van der Waals surface area contributed by atoms with Crippen molar-refractivity contribution in [3.63, 3.8) is 0 Å². The van der Waals surface area contributed by atoms with Gasteiger partial charge in [0.25, 0.3) is 0 Å². The topological polar surface area (TPSA) is 97.0 Å². The SMILES string of the molecule is C[C@@H](NC(=O)C1CC(=O)N(c2ccc3c(c2)OCCO3)C1)C(=O)NC1CCCCC1. The van der Waals surface area contributed by atoms with E-state index in [0.29, 0.717) is 30.4 Å². The minimum absolute atomic E-state index is 0.119. The first-order valence-corrected chi connectivity index (χ1v) is 10.8. The van der Waals surface area contributed by atoms with Crippen LogP contribution in [0.15, 0.2) is 18.2 Å². The molecule has 3 aliphatic rings. The number of hydrogen-bond acceptors (Lipinski definition) is 5. The lowest BCUT2D eigenvalue weighted by molar-refractivity contribution is -0.131. The molecule has 3 amide bonds. The summed E-state index contributed by atoms with van der Waals surface area (Å²) in [6, 6.07) is 4.92. The van der Waals surface area contributed by atoms with Gasteiger partial charge in [-0.15, -0.1) is 0 Å².